The van der Waals surface area contributed by atoms with Gasteiger partial charge in [0.15, 0.2) is 0 Å². The van der Waals surface area contributed by atoms with Crippen molar-refractivity contribution in [3.63, 3.8) is 0 Å². The maximum absolute atomic E-state index is 11.9. The molecule has 1 rings (SSSR count). The molecule has 0 aliphatic carbocycles. The van der Waals surface area contributed by atoms with Crippen LogP contribution in [0, 0.1) is 0 Å². The van der Waals surface area contributed by atoms with Gasteiger partial charge >= 0.3 is 6.18 Å². The smallest absolute Gasteiger partial charge is 0.372 e. The van der Waals surface area contributed by atoms with E-state index in [0.717, 1.165) is 10.0 Å². The highest BCUT2D eigenvalue weighted by atomic mass is 79.9. The molecule has 0 saturated heterocycles. The van der Waals surface area contributed by atoms with Gasteiger partial charge in [-0.3, -0.25) is 0 Å². The molecule has 0 spiro atoms. The van der Waals surface area contributed by atoms with E-state index in [1.54, 1.807) is 0 Å². The Morgan fingerprint density at radius 2 is 1.83 bits per heavy atom. The van der Waals surface area contributed by atoms with Crippen LogP contribution in [0.3, 0.4) is 0 Å². The molecular formula is C12H15BrF3NO. The number of nitrogens with two attached hydrogens (primary N) is 1. The van der Waals surface area contributed by atoms with Crippen molar-refractivity contribution in [2.75, 3.05) is 19.8 Å². The predicted molar refractivity (Wildman–Crippen MR) is 67.4 cm³/mol. The van der Waals surface area contributed by atoms with Crippen molar-refractivity contribution in [1.29, 1.82) is 0 Å². The molecule has 0 aromatic heterocycles. The molecule has 0 bridgehead atoms. The zero-order valence-electron chi connectivity index (χ0n) is 9.71. The summed E-state index contributed by atoms with van der Waals surface area (Å²) in [6.45, 7) is -0.765. The van der Waals surface area contributed by atoms with Crippen LogP contribution in [0.15, 0.2) is 28.7 Å². The SMILES string of the molecule is NCC(CCOCC(F)(F)F)c1ccc(Br)cc1. The molecule has 0 aliphatic rings. The summed E-state index contributed by atoms with van der Waals surface area (Å²) in [4.78, 5) is 0. The summed E-state index contributed by atoms with van der Waals surface area (Å²) >= 11 is 3.32. The van der Waals surface area contributed by atoms with Gasteiger partial charge in [-0.05, 0) is 36.6 Å². The topological polar surface area (TPSA) is 35.2 Å². The largest absolute Gasteiger partial charge is 0.411 e. The van der Waals surface area contributed by atoms with Crippen molar-refractivity contribution in [3.8, 4) is 0 Å². The quantitative estimate of drug-likeness (QED) is 0.813. The van der Waals surface area contributed by atoms with E-state index in [4.69, 9.17) is 5.73 Å². The third-order valence-corrected chi connectivity index (χ3v) is 3.03. The van der Waals surface area contributed by atoms with Gasteiger partial charge < -0.3 is 10.5 Å². The third kappa shape index (κ3) is 5.84. The zero-order chi connectivity index (χ0) is 13.6. The fourth-order valence-corrected chi connectivity index (χ4v) is 1.83. The van der Waals surface area contributed by atoms with Gasteiger partial charge in [0.05, 0.1) is 0 Å². The average molecular weight is 326 g/mol. The molecule has 0 radical (unpaired) electrons. The molecule has 1 aromatic rings. The summed E-state index contributed by atoms with van der Waals surface area (Å²) in [5.74, 6) is 0.0198. The molecule has 6 heteroatoms. The van der Waals surface area contributed by atoms with Crippen LogP contribution in [0.5, 0.6) is 0 Å². The molecule has 102 valence electrons. The zero-order valence-corrected chi connectivity index (χ0v) is 11.3. The van der Waals surface area contributed by atoms with Crippen LogP contribution in [0.2, 0.25) is 0 Å². The number of ether oxygens (including phenoxy) is 1. The van der Waals surface area contributed by atoms with Gasteiger partial charge in [-0.2, -0.15) is 13.2 Å². The molecule has 0 heterocycles. The number of halogens is 4. The van der Waals surface area contributed by atoms with Gasteiger partial charge in [0, 0.05) is 11.1 Å². The first kappa shape index (κ1) is 15.5. The first-order chi connectivity index (χ1) is 8.42. The van der Waals surface area contributed by atoms with Crippen LogP contribution >= 0.6 is 15.9 Å². The Hall–Kier alpha value is -0.590. The normalized spacial score (nSPS) is 13.6. The predicted octanol–water partition coefficient (Wildman–Crippen LogP) is 3.46. The second kappa shape index (κ2) is 7.11. The van der Waals surface area contributed by atoms with Crippen LogP contribution in [-0.4, -0.2) is 25.9 Å². The van der Waals surface area contributed by atoms with Gasteiger partial charge in [0.1, 0.15) is 6.61 Å². The molecule has 1 unspecified atom stereocenters. The lowest BCUT2D eigenvalue weighted by Gasteiger charge is -2.16. The first-order valence-electron chi connectivity index (χ1n) is 5.52. The van der Waals surface area contributed by atoms with Crippen molar-refractivity contribution in [3.05, 3.63) is 34.3 Å². The Kier molecular flexibility index (Phi) is 6.11. The highest BCUT2D eigenvalue weighted by Gasteiger charge is 2.27. The van der Waals surface area contributed by atoms with Crippen LogP contribution in [0.25, 0.3) is 0 Å². The molecular weight excluding hydrogens is 311 g/mol. The Morgan fingerprint density at radius 1 is 1.22 bits per heavy atom. The van der Waals surface area contributed by atoms with E-state index in [1.165, 1.54) is 0 Å². The van der Waals surface area contributed by atoms with E-state index < -0.39 is 12.8 Å². The molecule has 0 saturated carbocycles. The molecule has 0 fully saturated rings. The summed E-state index contributed by atoms with van der Waals surface area (Å²) in [6, 6.07) is 7.58. The van der Waals surface area contributed by atoms with E-state index in [1.807, 2.05) is 24.3 Å². The van der Waals surface area contributed by atoms with Crippen LogP contribution in [0.1, 0.15) is 17.9 Å². The second-order valence-corrected chi connectivity index (χ2v) is 4.86. The summed E-state index contributed by atoms with van der Waals surface area (Å²) in [7, 11) is 0. The highest BCUT2D eigenvalue weighted by Crippen LogP contribution is 2.21. The Labute approximate surface area is 112 Å². The lowest BCUT2D eigenvalue weighted by molar-refractivity contribution is -0.174. The van der Waals surface area contributed by atoms with Crippen molar-refractivity contribution in [2.24, 2.45) is 5.73 Å². The van der Waals surface area contributed by atoms with Crippen LogP contribution in [-0.2, 0) is 4.74 Å². The average Bonchev–Trinajstić information content (AvgIpc) is 2.29. The first-order valence-corrected chi connectivity index (χ1v) is 6.31. The maximum atomic E-state index is 11.9. The lowest BCUT2D eigenvalue weighted by atomic mass is 9.96. The summed E-state index contributed by atoms with van der Waals surface area (Å²) < 4.78 is 41.2. The van der Waals surface area contributed by atoms with E-state index in [0.29, 0.717) is 13.0 Å². The Balaban J connectivity index is 2.40. The Morgan fingerprint density at radius 3 is 2.33 bits per heavy atom. The van der Waals surface area contributed by atoms with Gasteiger partial charge in [-0.15, -0.1) is 0 Å². The van der Waals surface area contributed by atoms with Gasteiger partial charge in [-0.1, -0.05) is 28.1 Å². The van der Waals surface area contributed by atoms with Crippen molar-refractivity contribution in [2.45, 2.75) is 18.5 Å². The fourth-order valence-electron chi connectivity index (χ4n) is 1.57. The third-order valence-electron chi connectivity index (χ3n) is 2.50. The molecule has 2 nitrogen and oxygen atoms in total. The van der Waals surface area contributed by atoms with Gasteiger partial charge in [0.2, 0.25) is 0 Å². The molecule has 0 amide bonds. The van der Waals surface area contributed by atoms with Crippen LogP contribution in [0.4, 0.5) is 13.2 Å². The summed E-state index contributed by atoms with van der Waals surface area (Å²) in [5.41, 5.74) is 6.63. The fraction of sp³-hybridized carbons (Fsp3) is 0.500. The lowest BCUT2D eigenvalue weighted by Crippen LogP contribution is -2.20. The van der Waals surface area contributed by atoms with Crippen molar-refractivity contribution < 1.29 is 17.9 Å². The van der Waals surface area contributed by atoms with Gasteiger partial charge in [-0.25, -0.2) is 0 Å². The van der Waals surface area contributed by atoms with E-state index >= 15 is 0 Å². The number of benzene rings is 1. The minimum Gasteiger partial charge on any atom is -0.372 e. The van der Waals surface area contributed by atoms with Crippen molar-refractivity contribution >= 4 is 15.9 Å². The molecule has 2 N–H and O–H groups in total. The van der Waals surface area contributed by atoms with Gasteiger partial charge in [0.25, 0.3) is 0 Å². The van der Waals surface area contributed by atoms with E-state index in [2.05, 4.69) is 20.7 Å². The number of hydrogen-bond acceptors (Lipinski definition) is 2. The second-order valence-electron chi connectivity index (χ2n) is 3.94. The highest BCUT2D eigenvalue weighted by molar-refractivity contribution is 9.10. The Bertz CT molecular complexity index is 353. The molecule has 1 aromatic carbocycles. The minimum absolute atomic E-state index is 0.0198. The van der Waals surface area contributed by atoms with Crippen molar-refractivity contribution in [1.82, 2.24) is 0 Å². The van der Waals surface area contributed by atoms with E-state index in [9.17, 15) is 13.2 Å². The molecule has 1 atom stereocenters. The standard InChI is InChI=1S/C12H15BrF3NO/c13-11-3-1-9(2-4-11)10(7-17)5-6-18-8-12(14,15)16/h1-4,10H,5-8,17H2. The summed E-state index contributed by atoms with van der Waals surface area (Å²) in [5, 5.41) is 0. The monoisotopic (exact) mass is 325 g/mol. The maximum Gasteiger partial charge on any atom is 0.411 e. The molecule has 18 heavy (non-hydrogen) atoms. The van der Waals surface area contributed by atoms with Crippen LogP contribution < -0.4 is 5.73 Å². The number of alkyl halides is 3. The van der Waals surface area contributed by atoms with E-state index in [-0.39, 0.29) is 12.5 Å². The minimum atomic E-state index is -4.27. The number of rotatable bonds is 6. The summed E-state index contributed by atoms with van der Waals surface area (Å²) in [6.07, 6.45) is -3.79. The number of hydrogen-bond donors (Lipinski definition) is 1. The molecule has 0 aliphatic heterocycles.